The van der Waals surface area contributed by atoms with E-state index in [0.29, 0.717) is 31.4 Å². The van der Waals surface area contributed by atoms with Gasteiger partial charge in [-0.15, -0.1) is 0 Å². The van der Waals surface area contributed by atoms with Crippen molar-refractivity contribution in [1.29, 1.82) is 0 Å². The Hall–Kier alpha value is -2.47. The Bertz CT molecular complexity index is 750. The van der Waals surface area contributed by atoms with Crippen LogP contribution in [0, 0.1) is 0 Å². The number of aliphatic hydroxyl groups excluding tert-OH is 1. The largest absolute Gasteiger partial charge is 0.511 e. The van der Waals surface area contributed by atoms with Gasteiger partial charge in [-0.1, -0.05) is 37.3 Å². The molecule has 0 spiro atoms. The number of aliphatic hydroxyl groups is 1. The van der Waals surface area contributed by atoms with Crippen LogP contribution in [0.2, 0.25) is 0 Å². The predicted molar refractivity (Wildman–Crippen MR) is 109 cm³/mol. The van der Waals surface area contributed by atoms with Gasteiger partial charge in [0.1, 0.15) is 5.76 Å². The number of quaternary nitrogens is 1. The number of carbonyl (C=O) groups excluding carboxylic acids is 2. The zero-order chi connectivity index (χ0) is 19.9. The molecule has 3 rings (SSSR count). The second-order valence-electron chi connectivity index (χ2n) is 7.57. The molecular formula is C22H30N3O3+. The summed E-state index contributed by atoms with van der Waals surface area (Å²) in [5.74, 6) is 0.370. The Morgan fingerprint density at radius 1 is 1.25 bits per heavy atom. The predicted octanol–water partition coefficient (Wildman–Crippen LogP) is 1.15. The smallest absolute Gasteiger partial charge is 0.222 e. The second kappa shape index (κ2) is 9.64. The number of hydrogen-bond donors (Lipinski definition) is 2. The van der Waals surface area contributed by atoms with Gasteiger partial charge in [0.2, 0.25) is 5.91 Å². The van der Waals surface area contributed by atoms with Gasteiger partial charge in [-0.2, -0.15) is 0 Å². The highest BCUT2D eigenvalue weighted by Gasteiger charge is 2.27. The first-order valence-electron chi connectivity index (χ1n) is 10.2. The standard InChI is InChI=1S/C22H29N3O3/c1-2-22(28)25-12-10-24(11-13-25)9-8-23-16-19-20(26)14-18(15-21(19)27)17-6-4-3-5-7-17/h3-7,16,18,26H,2,8-15H2,1H3/p+1. The molecule has 6 heteroatoms. The van der Waals surface area contributed by atoms with E-state index in [-0.39, 0.29) is 23.4 Å². The maximum absolute atomic E-state index is 12.5. The summed E-state index contributed by atoms with van der Waals surface area (Å²) in [4.78, 5) is 31.9. The Morgan fingerprint density at radius 2 is 1.96 bits per heavy atom. The van der Waals surface area contributed by atoms with Crippen molar-refractivity contribution in [1.82, 2.24) is 4.90 Å². The molecule has 2 aliphatic rings. The van der Waals surface area contributed by atoms with Gasteiger partial charge in [0, 0.05) is 25.5 Å². The van der Waals surface area contributed by atoms with Crippen LogP contribution in [0.1, 0.15) is 37.7 Å². The molecule has 2 N–H and O–H groups in total. The van der Waals surface area contributed by atoms with E-state index in [4.69, 9.17) is 0 Å². The average molecular weight is 385 g/mol. The van der Waals surface area contributed by atoms with Crippen LogP contribution < -0.4 is 4.90 Å². The number of rotatable bonds is 6. The Kier molecular flexibility index (Phi) is 6.98. The van der Waals surface area contributed by atoms with Crippen LogP contribution in [0.15, 0.2) is 46.7 Å². The van der Waals surface area contributed by atoms with Crippen molar-refractivity contribution in [2.45, 2.75) is 32.1 Å². The van der Waals surface area contributed by atoms with Crippen LogP contribution in [-0.2, 0) is 9.59 Å². The summed E-state index contributed by atoms with van der Waals surface area (Å²) in [6.45, 7) is 6.87. The Labute approximate surface area is 166 Å². The molecule has 1 aromatic carbocycles. The van der Waals surface area contributed by atoms with Crippen LogP contribution >= 0.6 is 0 Å². The first-order chi connectivity index (χ1) is 13.6. The summed E-state index contributed by atoms with van der Waals surface area (Å²) in [5, 5.41) is 10.3. The van der Waals surface area contributed by atoms with E-state index < -0.39 is 0 Å². The number of nitrogens with zero attached hydrogens (tertiary/aromatic N) is 2. The van der Waals surface area contributed by atoms with Crippen molar-refractivity contribution in [3.05, 3.63) is 47.2 Å². The van der Waals surface area contributed by atoms with Crippen molar-refractivity contribution in [3.8, 4) is 0 Å². The lowest BCUT2D eigenvalue weighted by molar-refractivity contribution is -0.902. The highest BCUT2D eigenvalue weighted by Crippen LogP contribution is 2.32. The number of piperazine rings is 1. The number of benzene rings is 1. The number of aliphatic imine (C=N–C) groups is 1. The highest BCUT2D eigenvalue weighted by molar-refractivity contribution is 6.14. The second-order valence-corrected chi connectivity index (χ2v) is 7.57. The summed E-state index contributed by atoms with van der Waals surface area (Å²) in [7, 11) is 0. The molecule has 1 aromatic rings. The maximum atomic E-state index is 12.5. The zero-order valence-corrected chi connectivity index (χ0v) is 16.6. The maximum Gasteiger partial charge on any atom is 0.222 e. The van der Waals surface area contributed by atoms with Gasteiger partial charge in [-0.3, -0.25) is 14.6 Å². The summed E-state index contributed by atoms with van der Waals surface area (Å²) in [5.41, 5.74) is 1.45. The first-order valence-corrected chi connectivity index (χ1v) is 10.2. The minimum Gasteiger partial charge on any atom is -0.511 e. The van der Waals surface area contributed by atoms with Crippen molar-refractivity contribution in [2.75, 3.05) is 39.3 Å². The molecule has 1 heterocycles. The van der Waals surface area contributed by atoms with E-state index in [0.717, 1.165) is 38.3 Å². The lowest BCUT2D eigenvalue weighted by Gasteiger charge is -2.31. The molecule has 6 nitrogen and oxygen atoms in total. The first kappa shape index (κ1) is 20.3. The van der Waals surface area contributed by atoms with Gasteiger partial charge in [0.25, 0.3) is 0 Å². The van der Waals surface area contributed by atoms with Crippen molar-refractivity contribution < 1.29 is 19.6 Å². The van der Waals surface area contributed by atoms with E-state index in [1.165, 1.54) is 4.90 Å². The topological polar surface area (TPSA) is 74.4 Å². The van der Waals surface area contributed by atoms with Crippen molar-refractivity contribution in [2.24, 2.45) is 4.99 Å². The van der Waals surface area contributed by atoms with Gasteiger partial charge in [0.05, 0.1) is 44.8 Å². The SMILES string of the molecule is CCC(=O)N1CC[NH+](CCN=CC2=C(O)CC(c3ccccc3)CC2=O)CC1. The summed E-state index contributed by atoms with van der Waals surface area (Å²) in [6.07, 6.45) is 3.01. The fourth-order valence-corrected chi connectivity index (χ4v) is 3.94. The zero-order valence-electron chi connectivity index (χ0n) is 16.6. The molecule has 1 saturated heterocycles. The number of nitrogens with one attached hydrogen (secondary N) is 1. The molecule has 1 aliphatic carbocycles. The van der Waals surface area contributed by atoms with E-state index in [2.05, 4.69) is 4.99 Å². The molecule has 28 heavy (non-hydrogen) atoms. The van der Waals surface area contributed by atoms with E-state index in [9.17, 15) is 14.7 Å². The number of Topliss-reactive ketones (excluding diaryl/α,β-unsaturated/α-hetero) is 1. The Morgan fingerprint density at radius 3 is 2.61 bits per heavy atom. The molecule has 0 radical (unpaired) electrons. The van der Waals surface area contributed by atoms with E-state index in [1.54, 1.807) is 6.21 Å². The molecule has 150 valence electrons. The minimum absolute atomic E-state index is 0.0393. The third kappa shape index (κ3) is 5.07. The number of allylic oxidation sites excluding steroid dienone is 2. The summed E-state index contributed by atoms with van der Waals surface area (Å²) in [6, 6.07) is 9.86. The van der Waals surface area contributed by atoms with Crippen LogP contribution in [0.3, 0.4) is 0 Å². The minimum atomic E-state index is -0.0413. The molecule has 1 fully saturated rings. The van der Waals surface area contributed by atoms with Crippen LogP contribution in [0.5, 0.6) is 0 Å². The molecule has 1 unspecified atom stereocenters. The van der Waals surface area contributed by atoms with E-state index >= 15 is 0 Å². The molecule has 0 saturated carbocycles. The Balaban J connectivity index is 1.48. The number of hydrogen-bond acceptors (Lipinski definition) is 4. The molecule has 1 amide bonds. The number of amides is 1. The third-order valence-corrected chi connectivity index (χ3v) is 5.69. The molecule has 0 bridgehead atoms. The fraction of sp³-hybridized carbons (Fsp3) is 0.500. The normalized spacial score (nSPS) is 21.5. The van der Waals surface area contributed by atoms with Gasteiger partial charge < -0.3 is 14.9 Å². The quantitative estimate of drug-likeness (QED) is 0.723. The highest BCUT2D eigenvalue weighted by atomic mass is 16.3. The summed E-state index contributed by atoms with van der Waals surface area (Å²) < 4.78 is 0. The number of ketones is 1. The van der Waals surface area contributed by atoms with Gasteiger partial charge in [-0.05, 0) is 11.5 Å². The molecule has 0 aromatic heterocycles. The number of carbonyl (C=O) groups is 2. The van der Waals surface area contributed by atoms with Crippen LogP contribution in [0.25, 0.3) is 0 Å². The van der Waals surface area contributed by atoms with Crippen molar-refractivity contribution >= 4 is 17.9 Å². The third-order valence-electron chi connectivity index (χ3n) is 5.69. The lowest BCUT2D eigenvalue weighted by atomic mass is 9.83. The van der Waals surface area contributed by atoms with Crippen LogP contribution in [0.4, 0.5) is 0 Å². The fourth-order valence-electron chi connectivity index (χ4n) is 3.94. The van der Waals surface area contributed by atoms with Gasteiger partial charge in [0.15, 0.2) is 5.78 Å². The van der Waals surface area contributed by atoms with Crippen molar-refractivity contribution in [3.63, 3.8) is 0 Å². The van der Waals surface area contributed by atoms with Gasteiger partial charge >= 0.3 is 0 Å². The van der Waals surface area contributed by atoms with Crippen LogP contribution in [-0.4, -0.2) is 67.2 Å². The van der Waals surface area contributed by atoms with E-state index in [1.807, 2.05) is 42.2 Å². The van der Waals surface area contributed by atoms with Gasteiger partial charge in [-0.25, -0.2) is 0 Å². The molecule has 1 aliphatic heterocycles. The lowest BCUT2D eigenvalue weighted by Crippen LogP contribution is -3.15. The monoisotopic (exact) mass is 384 g/mol. The molecule has 1 atom stereocenters. The average Bonchev–Trinajstić information content (AvgIpc) is 2.73. The molecular weight excluding hydrogens is 354 g/mol. The summed E-state index contributed by atoms with van der Waals surface area (Å²) >= 11 is 0.